The molecule has 0 radical (unpaired) electrons. The van der Waals surface area contributed by atoms with Crippen molar-refractivity contribution in [3.05, 3.63) is 86.4 Å². The zero-order chi connectivity index (χ0) is 27.6. The number of nitrogens with zero attached hydrogens (tertiary/aromatic N) is 4. The summed E-state index contributed by atoms with van der Waals surface area (Å²) in [6.07, 6.45) is 5.37. The molecule has 0 bridgehead atoms. The predicted molar refractivity (Wildman–Crippen MR) is 158 cm³/mol. The Morgan fingerprint density at radius 3 is 2.46 bits per heavy atom. The van der Waals surface area contributed by atoms with Crippen LogP contribution in [0, 0.1) is 11.8 Å². The number of fused-ring (bicyclic) bond motifs is 1. The van der Waals surface area contributed by atoms with Crippen molar-refractivity contribution in [3.8, 4) is 17.5 Å². The molecule has 1 aliphatic heterocycles. The van der Waals surface area contributed by atoms with E-state index in [2.05, 4.69) is 58.1 Å². The monoisotopic (exact) mass is 561 g/mol. The third kappa shape index (κ3) is 5.66. The van der Waals surface area contributed by atoms with Crippen LogP contribution >= 0.6 is 23.2 Å². The summed E-state index contributed by atoms with van der Waals surface area (Å²) in [5.74, 6) is 6.38. The maximum Gasteiger partial charge on any atom is 0.266 e. The Bertz CT molecular complexity index is 1610. The average molecular weight is 563 g/mol. The number of hydrogen-bond acceptors (Lipinski definition) is 6. The van der Waals surface area contributed by atoms with Crippen LogP contribution in [0.4, 0.5) is 11.6 Å². The summed E-state index contributed by atoms with van der Waals surface area (Å²) in [6.45, 7) is 4.76. The molecule has 9 heteroatoms. The molecule has 200 valence electrons. The first-order valence-corrected chi connectivity index (χ1v) is 13.5. The lowest BCUT2D eigenvalue weighted by atomic mass is 9.74. The van der Waals surface area contributed by atoms with E-state index in [0.29, 0.717) is 38.1 Å². The highest BCUT2D eigenvalue weighted by Crippen LogP contribution is 2.35. The number of anilines is 2. The lowest BCUT2D eigenvalue weighted by Gasteiger charge is -2.38. The van der Waals surface area contributed by atoms with Crippen molar-refractivity contribution in [1.82, 2.24) is 19.4 Å². The van der Waals surface area contributed by atoms with Crippen molar-refractivity contribution in [1.29, 1.82) is 0 Å². The van der Waals surface area contributed by atoms with Gasteiger partial charge in [-0.05, 0) is 68.2 Å². The van der Waals surface area contributed by atoms with E-state index in [9.17, 15) is 4.79 Å². The van der Waals surface area contributed by atoms with Crippen LogP contribution in [0.15, 0.2) is 59.7 Å². The van der Waals surface area contributed by atoms with Gasteiger partial charge in [0.25, 0.3) is 5.56 Å². The molecule has 1 fully saturated rings. The van der Waals surface area contributed by atoms with Gasteiger partial charge in [-0.25, -0.2) is 9.97 Å². The van der Waals surface area contributed by atoms with Crippen LogP contribution in [0.3, 0.4) is 0 Å². The molecule has 2 aromatic carbocycles. The molecule has 0 atom stereocenters. The molecule has 1 saturated heterocycles. The van der Waals surface area contributed by atoms with Crippen molar-refractivity contribution >= 4 is 45.7 Å². The molecule has 1 N–H and O–H groups in total. The molecule has 1 aliphatic rings. The second-order valence-electron chi connectivity index (χ2n) is 10.0. The van der Waals surface area contributed by atoms with E-state index >= 15 is 0 Å². The van der Waals surface area contributed by atoms with Crippen LogP contribution in [-0.4, -0.2) is 53.3 Å². The van der Waals surface area contributed by atoms with Gasteiger partial charge in [0.1, 0.15) is 6.61 Å². The molecule has 0 aliphatic carbocycles. The molecule has 2 aromatic heterocycles. The molecule has 0 saturated carbocycles. The van der Waals surface area contributed by atoms with Crippen molar-refractivity contribution < 1.29 is 4.74 Å². The van der Waals surface area contributed by atoms with Gasteiger partial charge in [0.15, 0.2) is 0 Å². The van der Waals surface area contributed by atoms with Crippen molar-refractivity contribution in [2.24, 2.45) is 0 Å². The SMILES string of the molecule is COCC#Cc1cn(-c2c(Cl)cccc2Cl)c(=O)c2cnc(Nc3ccc(C4(C)CCN(C)CC4)cc3)nc12. The molecule has 3 heterocycles. The van der Waals surface area contributed by atoms with Crippen LogP contribution in [0.1, 0.15) is 30.9 Å². The fraction of sp³-hybridized carbons (Fsp3) is 0.300. The van der Waals surface area contributed by atoms with Gasteiger partial charge < -0.3 is 15.0 Å². The zero-order valence-corrected chi connectivity index (χ0v) is 23.6. The van der Waals surface area contributed by atoms with Gasteiger partial charge in [-0.2, -0.15) is 0 Å². The standard InChI is InChI=1S/C30H29Cl2N5O2/c1-30(13-15-36(2)16-14-30)21-9-11-22(12-10-21)34-29-33-18-23-26(35-29)20(6-5-17-39-3)19-37(28(23)38)27-24(31)7-4-8-25(27)32/h4,7-12,18-19H,13-17H2,1-3H3,(H,33,34,35). The van der Waals surface area contributed by atoms with E-state index in [4.69, 9.17) is 27.9 Å². The van der Waals surface area contributed by atoms with Gasteiger partial charge in [0.05, 0.1) is 32.2 Å². The van der Waals surface area contributed by atoms with Gasteiger partial charge in [0.2, 0.25) is 5.95 Å². The van der Waals surface area contributed by atoms with Crippen LogP contribution < -0.4 is 10.9 Å². The molecule has 5 rings (SSSR count). The third-order valence-electron chi connectivity index (χ3n) is 7.30. The first-order chi connectivity index (χ1) is 18.8. The molecule has 4 aromatic rings. The van der Waals surface area contributed by atoms with E-state index in [1.807, 2.05) is 12.1 Å². The van der Waals surface area contributed by atoms with Gasteiger partial charge in [-0.15, -0.1) is 0 Å². The van der Waals surface area contributed by atoms with Gasteiger partial charge in [-0.1, -0.05) is 60.2 Å². The fourth-order valence-corrected chi connectivity index (χ4v) is 5.43. The van der Waals surface area contributed by atoms with E-state index < -0.39 is 0 Å². The number of halogens is 2. The Morgan fingerprint density at radius 1 is 1.10 bits per heavy atom. The number of piperidine rings is 1. The number of likely N-dealkylation sites (tertiary alicyclic amines) is 1. The lowest BCUT2D eigenvalue weighted by molar-refractivity contribution is 0.200. The number of aromatic nitrogens is 3. The summed E-state index contributed by atoms with van der Waals surface area (Å²) in [7, 11) is 3.74. The smallest absolute Gasteiger partial charge is 0.266 e. The van der Waals surface area contributed by atoms with E-state index in [-0.39, 0.29) is 17.6 Å². The van der Waals surface area contributed by atoms with Crippen LogP contribution in [0.5, 0.6) is 0 Å². The van der Waals surface area contributed by atoms with Crippen molar-refractivity contribution in [3.63, 3.8) is 0 Å². The van der Waals surface area contributed by atoms with E-state index in [1.54, 1.807) is 31.5 Å². The summed E-state index contributed by atoms with van der Waals surface area (Å²) in [5.41, 5.74) is 3.34. The Kier molecular flexibility index (Phi) is 7.92. The maximum atomic E-state index is 13.5. The van der Waals surface area contributed by atoms with Crippen LogP contribution in [-0.2, 0) is 10.2 Å². The van der Waals surface area contributed by atoms with Crippen molar-refractivity contribution in [2.75, 3.05) is 39.2 Å². The van der Waals surface area contributed by atoms with Crippen LogP contribution in [0.25, 0.3) is 16.6 Å². The van der Waals surface area contributed by atoms with Crippen molar-refractivity contribution in [2.45, 2.75) is 25.2 Å². The minimum atomic E-state index is -0.348. The number of hydrogen-bond donors (Lipinski definition) is 1. The first-order valence-electron chi connectivity index (χ1n) is 12.7. The van der Waals surface area contributed by atoms with E-state index in [0.717, 1.165) is 31.6 Å². The number of ether oxygens (including phenoxy) is 1. The second-order valence-corrected chi connectivity index (χ2v) is 10.9. The normalized spacial score (nSPS) is 15.1. The summed E-state index contributed by atoms with van der Waals surface area (Å²) in [4.78, 5) is 25.0. The third-order valence-corrected chi connectivity index (χ3v) is 7.91. The summed E-state index contributed by atoms with van der Waals surface area (Å²) in [5, 5.41) is 4.26. The summed E-state index contributed by atoms with van der Waals surface area (Å²) in [6, 6.07) is 13.5. The molecule has 0 spiro atoms. The Balaban J connectivity index is 1.51. The number of rotatable bonds is 5. The quantitative estimate of drug-likeness (QED) is 0.310. The van der Waals surface area contributed by atoms with Gasteiger partial charge in [0, 0.05) is 25.2 Å². The van der Waals surface area contributed by atoms with Crippen LogP contribution in [0.2, 0.25) is 10.0 Å². The topological polar surface area (TPSA) is 72.3 Å². The minimum Gasteiger partial charge on any atom is -0.372 e. The maximum absolute atomic E-state index is 13.5. The zero-order valence-electron chi connectivity index (χ0n) is 22.1. The highest BCUT2D eigenvalue weighted by molar-refractivity contribution is 6.37. The fourth-order valence-electron chi connectivity index (χ4n) is 4.85. The lowest BCUT2D eigenvalue weighted by Crippen LogP contribution is -2.38. The Labute approximate surface area is 237 Å². The Morgan fingerprint density at radius 2 is 1.79 bits per heavy atom. The highest BCUT2D eigenvalue weighted by Gasteiger charge is 2.30. The number of para-hydroxylation sites is 1. The van der Waals surface area contributed by atoms with E-state index in [1.165, 1.54) is 16.3 Å². The first kappa shape index (κ1) is 27.2. The largest absolute Gasteiger partial charge is 0.372 e. The average Bonchev–Trinajstić information content (AvgIpc) is 2.93. The predicted octanol–water partition coefficient (Wildman–Crippen LogP) is 5.81. The van der Waals surface area contributed by atoms with Gasteiger partial charge in [-0.3, -0.25) is 9.36 Å². The molecular formula is C30H29Cl2N5O2. The molecule has 0 amide bonds. The summed E-state index contributed by atoms with van der Waals surface area (Å²) >= 11 is 12.8. The second kappa shape index (κ2) is 11.4. The molecule has 7 nitrogen and oxygen atoms in total. The molecular weight excluding hydrogens is 533 g/mol. The Hall–Kier alpha value is -3.41. The summed E-state index contributed by atoms with van der Waals surface area (Å²) < 4.78 is 6.48. The molecule has 39 heavy (non-hydrogen) atoms. The molecule has 0 unspecified atom stereocenters. The minimum absolute atomic E-state index is 0.171. The number of nitrogens with one attached hydrogen (secondary N) is 1. The highest BCUT2D eigenvalue weighted by atomic mass is 35.5. The number of methoxy groups -OCH3 is 1. The van der Waals surface area contributed by atoms with Gasteiger partial charge >= 0.3 is 0 Å². The number of pyridine rings is 1. The number of benzene rings is 2.